The number of pyridine rings is 1. The summed E-state index contributed by atoms with van der Waals surface area (Å²) in [6.07, 6.45) is 0. The minimum absolute atomic E-state index is 0.109. The average molecular weight is 385 g/mol. The SMILES string of the molecule is COC(=O)c1cc(OCC(=O)Nc2cc(Cl)ccc2C)c2ccccc2n1. The van der Waals surface area contributed by atoms with E-state index < -0.39 is 5.97 Å². The number of para-hydroxylation sites is 1. The van der Waals surface area contributed by atoms with Crippen molar-refractivity contribution in [2.24, 2.45) is 0 Å². The molecule has 0 radical (unpaired) electrons. The van der Waals surface area contributed by atoms with Crippen molar-refractivity contribution in [3.8, 4) is 5.75 Å². The largest absolute Gasteiger partial charge is 0.483 e. The van der Waals surface area contributed by atoms with Gasteiger partial charge in [-0.05, 0) is 36.8 Å². The van der Waals surface area contributed by atoms with Crippen molar-refractivity contribution >= 4 is 40.1 Å². The predicted molar refractivity (Wildman–Crippen MR) is 103 cm³/mol. The van der Waals surface area contributed by atoms with E-state index in [1.165, 1.54) is 13.2 Å². The number of nitrogens with one attached hydrogen (secondary N) is 1. The highest BCUT2D eigenvalue weighted by Gasteiger charge is 2.14. The summed E-state index contributed by atoms with van der Waals surface area (Å²) >= 11 is 5.97. The number of ether oxygens (including phenoxy) is 2. The molecule has 0 atom stereocenters. The van der Waals surface area contributed by atoms with E-state index in [0.717, 1.165) is 5.56 Å². The Hall–Kier alpha value is -3.12. The van der Waals surface area contributed by atoms with E-state index in [0.29, 0.717) is 27.4 Å². The number of anilines is 1. The normalized spacial score (nSPS) is 10.5. The Morgan fingerprint density at radius 1 is 1.15 bits per heavy atom. The summed E-state index contributed by atoms with van der Waals surface area (Å²) in [5.74, 6) is -0.551. The van der Waals surface area contributed by atoms with Crippen LogP contribution in [-0.4, -0.2) is 30.6 Å². The third-order valence-corrected chi connectivity index (χ3v) is 4.14. The van der Waals surface area contributed by atoms with Gasteiger partial charge < -0.3 is 14.8 Å². The Labute approximate surface area is 161 Å². The summed E-state index contributed by atoms with van der Waals surface area (Å²) in [6.45, 7) is 1.63. The highest BCUT2D eigenvalue weighted by Crippen LogP contribution is 2.26. The second-order valence-electron chi connectivity index (χ2n) is 5.81. The first-order chi connectivity index (χ1) is 13.0. The van der Waals surface area contributed by atoms with E-state index in [-0.39, 0.29) is 18.2 Å². The van der Waals surface area contributed by atoms with Crippen LogP contribution in [0.1, 0.15) is 16.1 Å². The highest BCUT2D eigenvalue weighted by atomic mass is 35.5. The smallest absolute Gasteiger partial charge is 0.356 e. The van der Waals surface area contributed by atoms with Crippen LogP contribution in [-0.2, 0) is 9.53 Å². The molecule has 0 unspecified atom stereocenters. The van der Waals surface area contributed by atoms with Crippen LogP contribution in [0.3, 0.4) is 0 Å². The zero-order valence-corrected chi connectivity index (χ0v) is 15.5. The summed E-state index contributed by atoms with van der Waals surface area (Å²) in [6, 6.07) is 13.9. The predicted octanol–water partition coefficient (Wildman–Crippen LogP) is 4.00. The number of hydrogen-bond donors (Lipinski definition) is 1. The first-order valence-corrected chi connectivity index (χ1v) is 8.52. The molecule has 7 heteroatoms. The average Bonchev–Trinajstić information content (AvgIpc) is 2.68. The molecule has 3 rings (SSSR count). The third-order valence-electron chi connectivity index (χ3n) is 3.91. The fourth-order valence-electron chi connectivity index (χ4n) is 2.53. The summed E-state index contributed by atoms with van der Waals surface area (Å²) in [5, 5.41) is 3.98. The molecule has 138 valence electrons. The van der Waals surface area contributed by atoms with Gasteiger partial charge in [0.1, 0.15) is 5.75 Å². The molecule has 0 spiro atoms. The van der Waals surface area contributed by atoms with Crippen molar-refractivity contribution in [2.75, 3.05) is 19.0 Å². The molecule has 0 saturated carbocycles. The van der Waals surface area contributed by atoms with Crippen LogP contribution in [0.15, 0.2) is 48.5 Å². The summed E-state index contributed by atoms with van der Waals surface area (Å²) in [5.41, 5.74) is 2.18. The molecule has 0 aliphatic rings. The molecular weight excluding hydrogens is 368 g/mol. The molecule has 3 aromatic rings. The number of carbonyl (C=O) groups excluding carboxylic acids is 2. The van der Waals surface area contributed by atoms with Gasteiger partial charge in [0.05, 0.1) is 12.6 Å². The Balaban J connectivity index is 1.80. The van der Waals surface area contributed by atoms with Gasteiger partial charge >= 0.3 is 5.97 Å². The van der Waals surface area contributed by atoms with Crippen molar-refractivity contribution in [1.82, 2.24) is 4.98 Å². The second-order valence-corrected chi connectivity index (χ2v) is 6.25. The number of esters is 1. The standard InChI is InChI=1S/C20H17ClN2O4/c1-12-7-8-13(21)9-16(12)23-19(24)11-27-18-10-17(20(25)26-2)22-15-6-4-3-5-14(15)18/h3-10H,11H2,1-2H3,(H,23,24). The minimum Gasteiger partial charge on any atom is -0.483 e. The van der Waals surface area contributed by atoms with Gasteiger partial charge in [-0.3, -0.25) is 4.79 Å². The molecule has 2 aromatic carbocycles. The number of rotatable bonds is 5. The molecule has 0 aliphatic carbocycles. The molecule has 0 fully saturated rings. The first kappa shape index (κ1) is 18.7. The monoisotopic (exact) mass is 384 g/mol. The maximum atomic E-state index is 12.3. The summed E-state index contributed by atoms with van der Waals surface area (Å²) < 4.78 is 10.4. The number of benzene rings is 2. The van der Waals surface area contributed by atoms with Gasteiger partial charge in [0.15, 0.2) is 12.3 Å². The molecule has 0 aliphatic heterocycles. The van der Waals surface area contributed by atoms with Crippen LogP contribution < -0.4 is 10.1 Å². The van der Waals surface area contributed by atoms with Gasteiger partial charge in [0.2, 0.25) is 0 Å². The van der Waals surface area contributed by atoms with Crippen molar-refractivity contribution in [2.45, 2.75) is 6.92 Å². The Bertz CT molecular complexity index is 1020. The van der Waals surface area contributed by atoms with Crippen LogP contribution in [0, 0.1) is 6.92 Å². The summed E-state index contributed by atoms with van der Waals surface area (Å²) in [4.78, 5) is 28.4. The number of amides is 1. The first-order valence-electron chi connectivity index (χ1n) is 8.15. The highest BCUT2D eigenvalue weighted by molar-refractivity contribution is 6.31. The number of fused-ring (bicyclic) bond motifs is 1. The van der Waals surface area contributed by atoms with E-state index in [1.807, 2.05) is 19.1 Å². The van der Waals surface area contributed by atoms with Gasteiger partial charge in [-0.1, -0.05) is 29.8 Å². The zero-order chi connectivity index (χ0) is 19.4. The lowest BCUT2D eigenvalue weighted by molar-refractivity contribution is -0.118. The molecular formula is C20H17ClN2O4. The molecule has 6 nitrogen and oxygen atoms in total. The van der Waals surface area contributed by atoms with Gasteiger partial charge in [0.25, 0.3) is 5.91 Å². The van der Waals surface area contributed by atoms with Gasteiger partial charge in [-0.2, -0.15) is 0 Å². The quantitative estimate of drug-likeness (QED) is 0.673. The molecule has 1 heterocycles. The van der Waals surface area contributed by atoms with Gasteiger partial charge in [0, 0.05) is 22.2 Å². The fourth-order valence-corrected chi connectivity index (χ4v) is 2.70. The maximum absolute atomic E-state index is 12.3. The molecule has 1 aromatic heterocycles. The van der Waals surface area contributed by atoms with E-state index in [4.69, 9.17) is 21.1 Å². The lowest BCUT2D eigenvalue weighted by atomic mass is 10.2. The molecule has 0 bridgehead atoms. The minimum atomic E-state index is -0.579. The molecule has 1 amide bonds. The van der Waals surface area contributed by atoms with Crippen LogP contribution in [0.2, 0.25) is 5.02 Å². The van der Waals surface area contributed by atoms with E-state index in [2.05, 4.69) is 10.3 Å². The lowest BCUT2D eigenvalue weighted by Gasteiger charge is -2.12. The topological polar surface area (TPSA) is 77.5 Å². The molecule has 0 saturated heterocycles. The Morgan fingerprint density at radius 3 is 2.70 bits per heavy atom. The number of aryl methyl sites for hydroxylation is 1. The number of methoxy groups -OCH3 is 1. The van der Waals surface area contributed by atoms with Crippen LogP contribution in [0.5, 0.6) is 5.75 Å². The van der Waals surface area contributed by atoms with Gasteiger partial charge in [-0.25, -0.2) is 9.78 Å². The van der Waals surface area contributed by atoms with Crippen molar-refractivity contribution in [1.29, 1.82) is 0 Å². The number of aromatic nitrogens is 1. The number of halogens is 1. The Kier molecular flexibility index (Phi) is 5.57. The van der Waals surface area contributed by atoms with Crippen molar-refractivity contribution < 1.29 is 19.1 Å². The van der Waals surface area contributed by atoms with E-state index >= 15 is 0 Å². The third kappa shape index (κ3) is 4.35. The zero-order valence-electron chi connectivity index (χ0n) is 14.8. The molecule has 1 N–H and O–H groups in total. The fraction of sp³-hybridized carbons (Fsp3) is 0.150. The van der Waals surface area contributed by atoms with E-state index in [9.17, 15) is 9.59 Å². The number of carbonyl (C=O) groups is 2. The number of nitrogens with zero attached hydrogens (tertiary/aromatic N) is 1. The lowest BCUT2D eigenvalue weighted by Crippen LogP contribution is -2.21. The van der Waals surface area contributed by atoms with Crippen LogP contribution >= 0.6 is 11.6 Å². The van der Waals surface area contributed by atoms with Crippen LogP contribution in [0.4, 0.5) is 5.69 Å². The van der Waals surface area contributed by atoms with Crippen molar-refractivity contribution in [3.05, 3.63) is 64.8 Å². The van der Waals surface area contributed by atoms with Crippen LogP contribution in [0.25, 0.3) is 10.9 Å². The second kappa shape index (κ2) is 8.05. The number of hydrogen-bond acceptors (Lipinski definition) is 5. The Morgan fingerprint density at radius 2 is 1.93 bits per heavy atom. The summed E-state index contributed by atoms with van der Waals surface area (Å²) in [7, 11) is 1.28. The van der Waals surface area contributed by atoms with E-state index in [1.54, 1.807) is 30.3 Å². The van der Waals surface area contributed by atoms with Crippen molar-refractivity contribution in [3.63, 3.8) is 0 Å². The van der Waals surface area contributed by atoms with Gasteiger partial charge in [-0.15, -0.1) is 0 Å². The molecule has 27 heavy (non-hydrogen) atoms. The maximum Gasteiger partial charge on any atom is 0.356 e.